The SMILES string of the molecule is Cc1cc(-n2cccn2)c2cccc(OCc3c(Cl)[c]ccc3Cl)c2n1. The molecule has 0 saturated heterocycles. The molecule has 0 atom stereocenters. The summed E-state index contributed by atoms with van der Waals surface area (Å²) in [5, 5.41) is 6.29. The molecule has 2 heterocycles. The van der Waals surface area contributed by atoms with Gasteiger partial charge >= 0.3 is 0 Å². The Bertz CT molecular complexity index is 1060. The predicted octanol–water partition coefficient (Wildman–Crippen LogP) is 5.41. The zero-order valence-corrected chi connectivity index (χ0v) is 15.4. The van der Waals surface area contributed by atoms with Crippen LogP contribution in [-0.2, 0) is 6.61 Å². The minimum Gasteiger partial charge on any atom is -0.487 e. The molecule has 0 N–H and O–H groups in total. The van der Waals surface area contributed by atoms with E-state index < -0.39 is 0 Å². The van der Waals surface area contributed by atoms with Gasteiger partial charge in [-0.15, -0.1) is 0 Å². The first-order valence-corrected chi connectivity index (χ1v) is 8.77. The fraction of sp³-hybridized carbons (Fsp3) is 0.100. The number of halogens is 2. The third kappa shape index (κ3) is 3.14. The van der Waals surface area contributed by atoms with Crippen molar-refractivity contribution < 1.29 is 4.74 Å². The van der Waals surface area contributed by atoms with Crippen LogP contribution in [0.5, 0.6) is 5.75 Å². The van der Waals surface area contributed by atoms with Crippen molar-refractivity contribution in [2.75, 3.05) is 0 Å². The normalized spacial score (nSPS) is 11.0. The molecule has 0 fully saturated rings. The first kappa shape index (κ1) is 16.9. The van der Waals surface area contributed by atoms with Crippen LogP contribution in [0.25, 0.3) is 16.6 Å². The smallest absolute Gasteiger partial charge is 0.146 e. The molecule has 26 heavy (non-hydrogen) atoms. The number of nitrogens with zero attached hydrogens (tertiary/aromatic N) is 3. The molecule has 0 bridgehead atoms. The largest absolute Gasteiger partial charge is 0.487 e. The third-order valence-electron chi connectivity index (χ3n) is 4.02. The maximum Gasteiger partial charge on any atom is 0.146 e. The van der Waals surface area contributed by atoms with Crippen molar-refractivity contribution in [3.8, 4) is 11.4 Å². The Morgan fingerprint density at radius 3 is 2.85 bits per heavy atom. The Kier molecular flexibility index (Phi) is 4.53. The van der Waals surface area contributed by atoms with Gasteiger partial charge < -0.3 is 4.74 Å². The number of aromatic nitrogens is 3. The quantitative estimate of drug-likeness (QED) is 0.473. The molecule has 0 unspecified atom stereocenters. The highest BCUT2D eigenvalue weighted by Crippen LogP contribution is 2.31. The molecule has 129 valence electrons. The minimum atomic E-state index is 0.237. The van der Waals surface area contributed by atoms with Crippen molar-refractivity contribution >= 4 is 34.1 Å². The van der Waals surface area contributed by atoms with Crippen molar-refractivity contribution in [2.45, 2.75) is 13.5 Å². The van der Waals surface area contributed by atoms with Gasteiger partial charge in [-0.2, -0.15) is 5.10 Å². The number of hydrogen-bond acceptors (Lipinski definition) is 3. The zero-order chi connectivity index (χ0) is 18.1. The molecule has 2 aromatic carbocycles. The minimum absolute atomic E-state index is 0.237. The number of aryl methyl sites for hydroxylation is 1. The number of para-hydroxylation sites is 1. The molecular weight excluding hydrogens is 369 g/mol. The number of pyridine rings is 1. The van der Waals surface area contributed by atoms with E-state index in [1.165, 1.54) is 0 Å². The Labute approximate surface area is 161 Å². The van der Waals surface area contributed by atoms with E-state index in [-0.39, 0.29) is 6.61 Å². The van der Waals surface area contributed by atoms with E-state index in [1.807, 2.05) is 48.1 Å². The highest BCUT2D eigenvalue weighted by molar-refractivity contribution is 6.35. The molecular formula is C20H14Cl2N3O. The fourth-order valence-corrected chi connectivity index (χ4v) is 3.29. The van der Waals surface area contributed by atoms with E-state index >= 15 is 0 Å². The van der Waals surface area contributed by atoms with Crippen LogP contribution in [0.3, 0.4) is 0 Å². The molecule has 4 rings (SSSR count). The lowest BCUT2D eigenvalue weighted by Crippen LogP contribution is -2.02. The highest BCUT2D eigenvalue weighted by atomic mass is 35.5. The standard InChI is InChI=1S/C20H14Cl2N3O/c1-13-11-18(25-10-4-9-23-25)14-5-2-8-19(20(14)24-13)26-12-15-16(21)6-3-7-17(15)22/h2-6,8-11H,12H2,1H3. The Balaban J connectivity index is 1.77. The summed E-state index contributed by atoms with van der Waals surface area (Å²) in [6.45, 7) is 2.18. The van der Waals surface area contributed by atoms with Gasteiger partial charge in [0.1, 0.15) is 17.9 Å². The van der Waals surface area contributed by atoms with Gasteiger partial charge in [0.15, 0.2) is 0 Å². The Morgan fingerprint density at radius 1 is 1.19 bits per heavy atom. The number of fused-ring (bicyclic) bond motifs is 1. The maximum atomic E-state index is 6.22. The lowest BCUT2D eigenvalue weighted by atomic mass is 10.1. The van der Waals surface area contributed by atoms with E-state index in [1.54, 1.807) is 18.3 Å². The highest BCUT2D eigenvalue weighted by Gasteiger charge is 2.12. The molecule has 0 saturated carbocycles. The first-order chi connectivity index (χ1) is 12.6. The second-order valence-corrected chi connectivity index (χ2v) is 6.58. The topological polar surface area (TPSA) is 39.9 Å². The van der Waals surface area contributed by atoms with E-state index in [2.05, 4.69) is 16.1 Å². The molecule has 2 aromatic heterocycles. The molecule has 1 radical (unpaired) electrons. The van der Waals surface area contributed by atoms with Crippen LogP contribution in [0.15, 0.2) is 54.9 Å². The van der Waals surface area contributed by atoms with E-state index in [9.17, 15) is 0 Å². The Hall–Kier alpha value is -2.56. The molecule has 0 aliphatic carbocycles. The predicted molar refractivity (Wildman–Crippen MR) is 103 cm³/mol. The molecule has 0 aliphatic heterocycles. The first-order valence-electron chi connectivity index (χ1n) is 8.01. The molecule has 0 spiro atoms. The van der Waals surface area contributed by atoms with Gasteiger partial charge in [-0.1, -0.05) is 41.4 Å². The van der Waals surface area contributed by atoms with E-state index in [0.29, 0.717) is 21.4 Å². The van der Waals surface area contributed by atoms with Gasteiger partial charge in [0.25, 0.3) is 0 Å². The van der Waals surface area contributed by atoms with Crippen LogP contribution in [-0.4, -0.2) is 14.8 Å². The van der Waals surface area contributed by atoms with Gasteiger partial charge in [-0.3, -0.25) is 0 Å². The lowest BCUT2D eigenvalue weighted by molar-refractivity contribution is 0.309. The Morgan fingerprint density at radius 2 is 2.08 bits per heavy atom. The van der Waals surface area contributed by atoms with E-state index in [4.69, 9.17) is 27.9 Å². The summed E-state index contributed by atoms with van der Waals surface area (Å²) in [5.41, 5.74) is 3.30. The number of ether oxygens (including phenoxy) is 1. The van der Waals surface area contributed by atoms with E-state index in [0.717, 1.165) is 22.3 Å². The summed E-state index contributed by atoms with van der Waals surface area (Å²) in [7, 11) is 0. The number of benzene rings is 2. The molecule has 0 amide bonds. The third-order valence-corrected chi connectivity index (χ3v) is 4.72. The second-order valence-electron chi connectivity index (χ2n) is 5.79. The lowest BCUT2D eigenvalue weighted by Gasteiger charge is -2.13. The summed E-state index contributed by atoms with van der Waals surface area (Å²) < 4.78 is 7.83. The monoisotopic (exact) mass is 382 g/mol. The van der Waals surface area contributed by atoms with Crippen LogP contribution in [0.1, 0.15) is 11.3 Å². The number of hydrogen-bond donors (Lipinski definition) is 0. The van der Waals surface area contributed by atoms with Crippen LogP contribution < -0.4 is 4.74 Å². The molecule has 6 heteroatoms. The molecule has 0 aliphatic rings. The van der Waals surface area contributed by atoms with Crippen LogP contribution in [0, 0.1) is 13.0 Å². The summed E-state index contributed by atoms with van der Waals surface area (Å²) >= 11 is 12.4. The fourth-order valence-electron chi connectivity index (χ4n) is 2.81. The number of rotatable bonds is 4. The summed E-state index contributed by atoms with van der Waals surface area (Å²) in [4.78, 5) is 4.66. The van der Waals surface area contributed by atoms with Crippen LogP contribution in [0.4, 0.5) is 0 Å². The summed E-state index contributed by atoms with van der Waals surface area (Å²) in [6.07, 6.45) is 3.65. The van der Waals surface area contributed by atoms with Crippen molar-refractivity contribution in [1.29, 1.82) is 0 Å². The zero-order valence-electron chi connectivity index (χ0n) is 13.9. The van der Waals surface area contributed by atoms with Gasteiger partial charge in [-0.25, -0.2) is 9.67 Å². The van der Waals surface area contributed by atoms with Crippen LogP contribution >= 0.6 is 23.2 Å². The molecule has 4 aromatic rings. The van der Waals surface area contributed by atoms with Crippen molar-refractivity contribution in [3.63, 3.8) is 0 Å². The van der Waals surface area contributed by atoms with Crippen molar-refractivity contribution in [2.24, 2.45) is 0 Å². The average Bonchev–Trinajstić information content (AvgIpc) is 3.15. The van der Waals surface area contributed by atoms with Gasteiger partial charge in [-0.05, 0) is 31.2 Å². The van der Waals surface area contributed by atoms with Crippen molar-refractivity contribution in [3.05, 3.63) is 82.2 Å². The second kappa shape index (κ2) is 6.98. The van der Waals surface area contributed by atoms with Gasteiger partial charge in [0.05, 0.1) is 10.7 Å². The summed E-state index contributed by atoms with van der Waals surface area (Å²) in [6, 6.07) is 16.1. The van der Waals surface area contributed by atoms with Gasteiger partial charge in [0, 0.05) is 40.1 Å². The van der Waals surface area contributed by atoms with Crippen molar-refractivity contribution in [1.82, 2.24) is 14.8 Å². The maximum absolute atomic E-state index is 6.22. The summed E-state index contributed by atoms with van der Waals surface area (Å²) in [5.74, 6) is 0.663. The average molecular weight is 383 g/mol. The van der Waals surface area contributed by atoms with Crippen LogP contribution in [0.2, 0.25) is 10.0 Å². The molecule has 4 nitrogen and oxygen atoms in total. The van der Waals surface area contributed by atoms with Gasteiger partial charge in [0.2, 0.25) is 0 Å².